The van der Waals surface area contributed by atoms with Crippen LogP contribution in [0.5, 0.6) is 0 Å². The van der Waals surface area contributed by atoms with Gasteiger partial charge in [-0.05, 0) is 19.8 Å². The maximum Gasteiger partial charge on any atom is 0.307 e. The number of carboxylic acids is 1. The first kappa shape index (κ1) is 13.6. The normalized spacial score (nSPS) is 22.4. The van der Waals surface area contributed by atoms with Gasteiger partial charge >= 0.3 is 5.97 Å². The molecule has 19 heavy (non-hydrogen) atoms. The molecule has 6 nitrogen and oxygen atoms in total. The third-order valence-corrected chi connectivity index (χ3v) is 3.96. The van der Waals surface area contributed by atoms with E-state index < -0.39 is 17.8 Å². The van der Waals surface area contributed by atoms with Crippen LogP contribution in [-0.2, 0) is 23.2 Å². The summed E-state index contributed by atoms with van der Waals surface area (Å²) >= 11 is 0. The minimum atomic E-state index is -0.866. The molecule has 1 aliphatic carbocycles. The maximum atomic E-state index is 12.0. The number of hydrogen-bond donors (Lipinski definition) is 2. The summed E-state index contributed by atoms with van der Waals surface area (Å²) in [5.41, 5.74) is 1.96. The number of carbonyl (C=O) groups excluding carboxylic acids is 1. The van der Waals surface area contributed by atoms with Crippen LogP contribution in [0.2, 0.25) is 0 Å². The largest absolute Gasteiger partial charge is 0.481 e. The Kier molecular flexibility index (Phi) is 3.87. The number of aryl methyl sites for hydroxylation is 1. The van der Waals surface area contributed by atoms with Gasteiger partial charge in [0.05, 0.1) is 18.0 Å². The monoisotopic (exact) mass is 265 g/mol. The Bertz CT molecular complexity index is 495. The van der Waals surface area contributed by atoms with E-state index in [1.165, 1.54) is 0 Å². The molecule has 0 aliphatic heterocycles. The smallest absolute Gasteiger partial charge is 0.307 e. The van der Waals surface area contributed by atoms with Crippen LogP contribution in [0.3, 0.4) is 0 Å². The topological polar surface area (TPSA) is 84.2 Å². The molecule has 1 aromatic heterocycles. The highest BCUT2D eigenvalue weighted by Gasteiger charge is 2.37. The van der Waals surface area contributed by atoms with Crippen LogP contribution < -0.4 is 5.32 Å². The lowest BCUT2D eigenvalue weighted by Crippen LogP contribution is -2.35. The minimum absolute atomic E-state index is 0.159. The number of aliphatic carboxylic acids is 1. The number of amides is 1. The Hall–Kier alpha value is -1.85. The highest BCUT2D eigenvalue weighted by molar-refractivity contribution is 5.85. The Morgan fingerprint density at radius 3 is 2.74 bits per heavy atom. The predicted octanol–water partition coefficient (Wildman–Crippen LogP) is 0.846. The van der Waals surface area contributed by atoms with E-state index in [0.29, 0.717) is 19.4 Å². The van der Waals surface area contributed by atoms with Crippen LogP contribution in [0.1, 0.15) is 30.5 Å². The Labute approximate surface area is 111 Å². The van der Waals surface area contributed by atoms with Gasteiger partial charge in [0.1, 0.15) is 0 Å². The fourth-order valence-corrected chi connectivity index (χ4v) is 2.60. The van der Waals surface area contributed by atoms with Crippen LogP contribution >= 0.6 is 0 Å². The first-order chi connectivity index (χ1) is 9.00. The van der Waals surface area contributed by atoms with Gasteiger partial charge in [0.2, 0.25) is 5.91 Å². The molecule has 2 N–H and O–H groups in total. The molecule has 1 fully saturated rings. The second-order valence-electron chi connectivity index (χ2n) is 5.08. The maximum absolute atomic E-state index is 12.0. The summed E-state index contributed by atoms with van der Waals surface area (Å²) in [6.45, 7) is 2.34. The molecule has 1 amide bonds. The molecule has 1 saturated carbocycles. The van der Waals surface area contributed by atoms with Crippen molar-refractivity contribution in [1.29, 1.82) is 0 Å². The number of nitrogens with one attached hydrogen (secondary N) is 1. The van der Waals surface area contributed by atoms with Crippen molar-refractivity contribution in [2.45, 2.75) is 32.7 Å². The van der Waals surface area contributed by atoms with E-state index in [4.69, 9.17) is 5.11 Å². The third-order valence-electron chi connectivity index (χ3n) is 3.96. The summed E-state index contributed by atoms with van der Waals surface area (Å²) in [6, 6.07) is 0. The van der Waals surface area contributed by atoms with Crippen LogP contribution in [0.4, 0.5) is 0 Å². The van der Waals surface area contributed by atoms with Crippen molar-refractivity contribution in [1.82, 2.24) is 15.1 Å². The standard InChI is InChI=1S/C13H19N3O3/c1-8-9(7-15-16(8)2)6-14-12(17)10-4-3-5-11(10)13(18)19/h7,10-11H,3-6H2,1-2H3,(H,14,17)(H,18,19)/t10-,11+/m1/s1. The van der Waals surface area contributed by atoms with Gasteiger partial charge in [-0.1, -0.05) is 6.42 Å². The van der Waals surface area contributed by atoms with Gasteiger partial charge in [-0.2, -0.15) is 5.10 Å². The van der Waals surface area contributed by atoms with Crippen molar-refractivity contribution in [2.24, 2.45) is 18.9 Å². The molecule has 1 heterocycles. The Morgan fingerprint density at radius 2 is 2.16 bits per heavy atom. The fourth-order valence-electron chi connectivity index (χ4n) is 2.60. The van der Waals surface area contributed by atoms with Gasteiger partial charge in [0.15, 0.2) is 0 Å². The van der Waals surface area contributed by atoms with Crippen molar-refractivity contribution < 1.29 is 14.7 Å². The second kappa shape index (κ2) is 5.42. The van der Waals surface area contributed by atoms with Crippen LogP contribution in [0.15, 0.2) is 6.20 Å². The molecule has 1 aliphatic rings. The molecule has 2 atom stereocenters. The zero-order valence-corrected chi connectivity index (χ0v) is 11.2. The molecule has 6 heteroatoms. The molecule has 104 valence electrons. The first-order valence-electron chi connectivity index (χ1n) is 6.48. The number of rotatable bonds is 4. The molecule has 0 spiro atoms. The van der Waals surface area contributed by atoms with Crippen molar-refractivity contribution >= 4 is 11.9 Å². The zero-order valence-electron chi connectivity index (χ0n) is 11.2. The Morgan fingerprint density at radius 1 is 1.47 bits per heavy atom. The van der Waals surface area contributed by atoms with Gasteiger partial charge in [0.25, 0.3) is 0 Å². The van der Waals surface area contributed by atoms with Crippen molar-refractivity contribution in [3.8, 4) is 0 Å². The average molecular weight is 265 g/mol. The van der Waals surface area contributed by atoms with E-state index in [1.54, 1.807) is 10.9 Å². The quantitative estimate of drug-likeness (QED) is 0.845. The first-order valence-corrected chi connectivity index (χ1v) is 6.48. The number of carbonyl (C=O) groups is 2. The zero-order chi connectivity index (χ0) is 14.0. The fraction of sp³-hybridized carbons (Fsp3) is 0.615. The van der Waals surface area contributed by atoms with E-state index >= 15 is 0 Å². The van der Waals surface area contributed by atoms with Gasteiger partial charge in [-0.15, -0.1) is 0 Å². The summed E-state index contributed by atoms with van der Waals surface area (Å²) in [6.07, 6.45) is 3.79. The van der Waals surface area contributed by atoms with Crippen LogP contribution in [0.25, 0.3) is 0 Å². The summed E-state index contributed by atoms with van der Waals surface area (Å²) in [5.74, 6) is -1.95. The minimum Gasteiger partial charge on any atom is -0.481 e. The summed E-state index contributed by atoms with van der Waals surface area (Å²) in [7, 11) is 1.85. The lowest BCUT2D eigenvalue weighted by atomic mass is 9.95. The van der Waals surface area contributed by atoms with Gasteiger partial charge in [-0.3, -0.25) is 14.3 Å². The number of nitrogens with zero attached hydrogens (tertiary/aromatic N) is 2. The molecule has 0 bridgehead atoms. The SMILES string of the molecule is Cc1c(CNC(=O)[C@@H]2CCC[C@@H]2C(=O)O)cnn1C. The van der Waals surface area contributed by atoms with E-state index in [2.05, 4.69) is 10.4 Å². The van der Waals surface area contributed by atoms with Crippen molar-refractivity contribution in [2.75, 3.05) is 0 Å². The van der Waals surface area contributed by atoms with Crippen LogP contribution in [-0.4, -0.2) is 26.8 Å². The van der Waals surface area contributed by atoms with Crippen LogP contribution in [0, 0.1) is 18.8 Å². The van der Waals surface area contributed by atoms with Crippen molar-refractivity contribution in [3.05, 3.63) is 17.5 Å². The summed E-state index contributed by atoms with van der Waals surface area (Å²) in [4.78, 5) is 23.1. The van der Waals surface area contributed by atoms with E-state index in [9.17, 15) is 9.59 Å². The third kappa shape index (κ3) is 2.77. The van der Waals surface area contributed by atoms with Crippen molar-refractivity contribution in [3.63, 3.8) is 0 Å². The highest BCUT2D eigenvalue weighted by atomic mass is 16.4. The van der Waals surface area contributed by atoms with E-state index in [-0.39, 0.29) is 5.91 Å². The van der Waals surface area contributed by atoms with E-state index in [1.807, 2.05) is 14.0 Å². The molecule has 0 unspecified atom stereocenters. The number of carboxylic acid groups (broad SMARTS) is 1. The predicted molar refractivity (Wildman–Crippen MR) is 68.3 cm³/mol. The average Bonchev–Trinajstić information content (AvgIpc) is 2.96. The van der Waals surface area contributed by atoms with E-state index in [0.717, 1.165) is 17.7 Å². The molecular weight excluding hydrogens is 246 g/mol. The number of aromatic nitrogens is 2. The number of hydrogen-bond acceptors (Lipinski definition) is 3. The molecule has 0 radical (unpaired) electrons. The summed E-state index contributed by atoms with van der Waals surface area (Å²) < 4.78 is 1.75. The van der Waals surface area contributed by atoms with Gasteiger partial charge in [0, 0.05) is 24.8 Å². The lowest BCUT2D eigenvalue weighted by Gasteiger charge is -2.15. The molecule has 0 aromatic carbocycles. The van der Waals surface area contributed by atoms with Gasteiger partial charge < -0.3 is 10.4 Å². The highest BCUT2D eigenvalue weighted by Crippen LogP contribution is 2.32. The summed E-state index contributed by atoms with van der Waals surface area (Å²) in [5, 5.41) is 16.0. The lowest BCUT2D eigenvalue weighted by molar-refractivity contribution is -0.146. The molecular formula is C13H19N3O3. The molecule has 0 saturated heterocycles. The molecule has 2 rings (SSSR count). The molecule has 1 aromatic rings. The Balaban J connectivity index is 1.94. The second-order valence-corrected chi connectivity index (χ2v) is 5.08. The van der Waals surface area contributed by atoms with Gasteiger partial charge in [-0.25, -0.2) is 0 Å².